The molecule has 0 atom stereocenters. The van der Waals surface area contributed by atoms with Crippen LogP contribution in [0.4, 0.5) is 4.79 Å². The molecule has 0 fully saturated rings. The standard InChI is InChI=1S/C9H11NO.CH2O3/c1-7(10)6-8-2-4-9(11)5-3-8;2-1(3)4/h2-5,11H,1,6,10H2;(H2,2,3,4). The van der Waals surface area contributed by atoms with E-state index in [1.165, 1.54) is 0 Å². The first-order chi connectivity index (χ1) is 6.91. The van der Waals surface area contributed by atoms with Gasteiger partial charge in [-0.15, -0.1) is 0 Å². The summed E-state index contributed by atoms with van der Waals surface area (Å²) in [5.74, 6) is 0.274. The molecule has 1 aromatic carbocycles. The molecule has 0 saturated carbocycles. The average molecular weight is 211 g/mol. The third kappa shape index (κ3) is 8.17. The van der Waals surface area contributed by atoms with Gasteiger partial charge in [0.1, 0.15) is 5.75 Å². The fourth-order valence-electron chi connectivity index (χ4n) is 0.876. The van der Waals surface area contributed by atoms with Crippen LogP contribution < -0.4 is 5.73 Å². The van der Waals surface area contributed by atoms with Crippen molar-refractivity contribution in [3.63, 3.8) is 0 Å². The van der Waals surface area contributed by atoms with E-state index >= 15 is 0 Å². The molecule has 0 aliphatic heterocycles. The second kappa shape index (κ2) is 6.31. The summed E-state index contributed by atoms with van der Waals surface area (Å²) >= 11 is 0. The summed E-state index contributed by atoms with van der Waals surface area (Å²) in [5.41, 5.74) is 7.11. The van der Waals surface area contributed by atoms with E-state index in [-0.39, 0.29) is 5.75 Å². The predicted molar refractivity (Wildman–Crippen MR) is 55.8 cm³/mol. The molecule has 15 heavy (non-hydrogen) atoms. The molecular weight excluding hydrogens is 198 g/mol. The second-order valence-electron chi connectivity index (χ2n) is 2.78. The molecule has 1 aromatic rings. The zero-order chi connectivity index (χ0) is 11.8. The van der Waals surface area contributed by atoms with Crippen LogP contribution in [0.15, 0.2) is 36.5 Å². The molecule has 0 radical (unpaired) electrons. The maximum atomic E-state index is 8.94. The van der Waals surface area contributed by atoms with Gasteiger partial charge >= 0.3 is 6.16 Å². The number of allylic oxidation sites excluding steroid dienone is 1. The number of carboxylic acid groups (broad SMARTS) is 2. The van der Waals surface area contributed by atoms with Crippen LogP contribution in [0.5, 0.6) is 5.75 Å². The molecule has 0 aromatic heterocycles. The zero-order valence-electron chi connectivity index (χ0n) is 8.05. The number of carbonyl (C=O) groups is 1. The van der Waals surface area contributed by atoms with Crippen molar-refractivity contribution in [3.8, 4) is 5.75 Å². The molecule has 0 amide bonds. The van der Waals surface area contributed by atoms with Gasteiger partial charge in [0, 0.05) is 12.1 Å². The fraction of sp³-hybridized carbons (Fsp3) is 0.100. The smallest absolute Gasteiger partial charge is 0.503 e. The summed E-state index contributed by atoms with van der Waals surface area (Å²) in [6.45, 7) is 3.59. The SMILES string of the molecule is C=C(N)Cc1ccc(O)cc1.O=C(O)O. The van der Waals surface area contributed by atoms with Gasteiger partial charge in [0.15, 0.2) is 0 Å². The molecule has 0 aliphatic rings. The van der Waals surface area contributed by atoms with Crippen LogP contribution >= 0.6 is 0 Å². The van der Waals surface area contributed by atoms with Gasteiger partial charge in [-0.3, -0.25) is 0 Å². The van der Waals surface area contributed by atoms with Gasteiger partial charge in [-0.2, -0.15) is 0 Å². The number of hydrogen-bond acceptors (Lipinski definition) is 3. The number of phenols is 1. The lowest BCUT2D eigenvalue weighted by Gasteiger charge is -1.99. The van der Waals surface area contributed by atoms with Gasteiger partial charge in [-0.05, 0) is 17.7 Å². The fourth-order valence-corrected chi connectivity index (χ4v) is 0.876. The van der Waals surface area contributed by atoms with Gasteiger partial charge < -0.3 is 21.1 Å². The summed E-state index contributed by atoms with van der Waals surface area (Å²) in [4.78, 5) is 8.56. The van der Waals surface area contributed by atoms with Crippen molar-refractivity contribution in [2.45, 2.75) is 6.42 Å². The summed E-state index contributed by atoms with van der Waals surface area (Å²) in [5, 5.41) is 22.9. The third-order valence-corrected chi connectivity index (χ3v) is 1.37. The van der Waals surface area contributed by atoms with Crippen LogP contribution in [0.2, 0.25) is 0 Å². The number of hydrogen-bond donors (Lipinski definition) is 4. The first kappa shape index (κ1) is 12.8. The summed E-state index contributed by atoms with van der Waals surface area (Å²) < 4.78 is 0. The summed E-state index contributed by atoms with van der Waals surface area (Å²) in [7, 11) is 0. The maximum absolute atomic E-state index is 8.94. The molecule has 0 bridgehead atoms. The van der Waals surface area contributed by atoms with Crippen molar-refractivity contribution in [3.05, 3.63) is 42.1 Å². The van der Waals surface area contributed by atoms with Crippen molar-refractivity contribution >= 4 is 6.16 Å². The lowest BCUT2D eigenvalue weighted by molar-refractivity contribution is 0.137. The van der Waals surface area contributed by atoms with E-state index in [4.69, 9.17) is 25.8 Å². The van der Waals surface area contributed by atoms with Crippen LogP contribution in [0, 0.1) is 0 Å². The van der Waals surface area contributed by atoms with E-state index in [0.717, 1.165) is 5.56 Å². The minimum Gasteiger partial charge on any atom is -0.508 e. The van der Waals surface area contributed by atoms with Crippen LogP contribution in [-0.2, 0) is 6.42 Å². The van der Waals surface area contributed by atoms with E-state index in [0.29, 0.717) is 12.1 Å². The largest absolute Gasteiger partial charge is 0.508 e. The lowest BCUT2D eigenvalue weighted by atomic mass is 10.1. The molecule has 0 spiro atoms. The Kier molecular flexibility index (Phi) is 5.40. The van der Waals surface area contributed by atoms with Crippen molar-refractivity contribution in [2.24, 2.45) is 5.73 Å². The van der Waals surface area contributed by atoms with Crippen LogP contribution in [0.1, 0.15) is 5.56 Å². The number of aromatic hydroxyl groups is 1. The Hall–Kier alpha value is -2.17. The van der Waals surface area contributed by atoms with Crippen LogP contribution in [-0.4, -0.2) is 21.5 Å². The average Bonchev–Trinajstić information content (AvgIpc) is 2.07. The first-order valence-corrected chi connectivity index (χ1v) is 4.05. The predicted octanol–water partition coefficient (Wildman–Crippen LogP) is 1.63. The number of rotatable bonds is 2. The Morgan fingerprint density at radius 3 is 2.00 bits per heavy atom. The van der Waals surface area contributed by atoms with Gasteiger partial charge in [0.05, 0.1) is 0 Å². The maximum Gasteiger partial charge on any atom is 0.503 e. The van der Waals surface area contributed by atoms with Gasteiger partial charge in [-0.1, -0.05) is 18.7 Å². The Balaban J connectivity index is 0.000000423. The van der Waals surface area contributed by atoms with Gasteiger partial charge in [0.2, 0.25) is 0 Å². The molecule has 0 unspecified atom stereocenters. The monoisotopic (exact) mass is 211 g/mol. The highest BCUT2D eigenvalue weighted by Crippen LogP contribution is 2.10. The third-order valence-electron chi connectivity index (χ3n) is 1.37. The zero-order valence-corrected chi connectivity index (χ0v) is 8.05. The molecular formula is C10H13NO4. The minimum atomic E-state index is -1.83. The van der Waals surface area contributed by atoms with Gasteiger partial charge in [0.25, 0.3) is 0 Å². The molecule has 0 saturated heterocycles. The van der Waals surface area contributed by atoms with Crippen molar-refractivity contribution in [1.82, 2.24) is 0 Å². The molecule has 0 aliphatic carbocycles. The molecule has 1 rings (SSSR count). The van der Waals surface area contributed by atoms with Gasteiger partial charge in [-0.25, -0.2) is 4.79 Å². The van der Waals surface area contributed by atoms with Crippen molar-refractivity contribution in [2.75, 3.05) is 0 Å². The van der Waals surface area contributed by atoms with E-state index in [2.05, 4.69) is 6.58 Å². The van der Waals surface area contributed by atoms with Crippen molar-refractivity contribution < 1.29 is 20.1 Å². The molecule has 5 N–H and O–H groups in total. The molecule has 5 heteroatoms. The number of phenolic OH excluding ortho intramolecular Hbond substituents is 1. The second-order valence-corrected chi connectivity index (χ2v) is 2.78. The number of nitrogens with two attached hydrogens (primary N) is 1. The van der Waals surface area contributed by atoms with E-state index in [1.807, 2.05) is 12.1 Å². The Bertz CT molecular complexity index is 328. The normalized spacial score (nSPS) is 8.53. The topological polar surface area (TPSA) is 104 Å². The van der Waals surface area contributed by atoms with E-state index in [1.54, 1.807) is 12.1 Å². The minimum absolute atomic E-state index is 0.274. The molecule has 5 nitrogen and oxygen atoms in total. The lowest BCUT2D eigenvalue weighted by Crippen LogP contribution is -1.98. The molecule has 0 heterocycles. The number of benzene rings is 1. The van der Waals surface area contributed by atoms with Crippen LogP contribution in [0.25, 0.3) is 0 Å². The van der Waals surface area contributed by atoms with E-state index in [9.17, 15) is 0 Å². The van der Waals surface area contributed by atoms with E-state index < -0.39 is 6.16 Å². The summed E-state index contributed by atoms with van der Waals surface area (Å²) in [6.07, 6.45) is -1.17. The molecule has 82 valence electrons. The quantitative estimate of drug-likeness (QED) is 0.595. The highest BCUT2D eigenvalue weighted by Gasteiger charge is 1.92. The van der Waals surface area contributed by atoms with Crippen molar-refractivity contribution in [1.29, 1.82) is 0 Å². The highest BCUT2D eigenvalue weighted by atomic mass is 16.6. The Labute approximate surface area is 87.1 Å². The Morgan fingerprint density at radius 1 is 1.27 bits per heavy atom. The Morgan fingerprint density at radius 2 is 1.67 bits per heavy atom. The summed E-state index contributed by atoms with van der Waals surface area (Å²) in [6, 6.07) is 6.93. The first-order valence-electron chi connectivity index (χ1n) is 4.05. The highest BCUT2D eigenvalue weighted by molar-refractivity contribution is 5.53. The van der Waals surface area contributed by atoms with Crippen LogP contribution in [0.3, 0.4) is 0 Å².